The average Bonchev–Trinajstić information content (AvgIpc) is 2.88. The molecule has 1 N–H and O–H groups in total. The van der Waals surface area contributed by atoms with Gasteiger partial charge in [0.2, 0.25) is 0 Å². The molecule has 2 aromatic rings. The van der Waals surface area contributed by atoms with E-state index in [2.05, 4.69) is 34.7 Å². The second-order valence-corrected chi connectivity index (χ2v) is 5.94. The Labute approximate surface area is 125 Å². The Morgan fingerprint density at radius 1 is 1.25 bits per heavy atom. The van der Waals surface area contributed by atoms with Gasteiger partial charge in [0.1, 0.15) is 10.8 Å². The summed E-state index contributed by atoms with van der Waals surface area (Å²) >= 11 is 1.70. The summed E-state index contributed by atoms with van der Waals surface area (Å²) in [6.07, 6.45) is 1.35. The average molecular weight is 290 g/mol. The number of hydrogen-bond donors (Lipinski definition) is 1. The van der Waals surface area contributed by atoms with Crippen molar-refractivity contribution < 1.29 is 4.74 Å². The molecule has 1 aromatic carbocycles. The van der Waals surface area contributed by atoms with Gasteiger partial charge >= 0.3 is 0 Å². The van der Waals surface area contributed by atoms with E-state index < -0.39 is 0 Å². The van der Waals surface area contributed by atoms with Crippen molar-refractivity contribution in [1.82, 2.24) is 10.3 Å². The van der Waals surface area contributed by atoms with Gasteiger partial charge in [-0.15, -0.1) is 11.3 Å². The van der Waals surface area contributed by atoms with Crippen molar-refractivity contribution in [2.24, 2.45) is 0 Å². The van der Waals surface area contributed by atoms with E-state index >= 15 is 0 Å². The van der Waals surface area contributed by atoms with Crippen LogP contribution in [0.4, 0.5) is 0 Å². The Bertz CT molecular complexity index is 520. The lowest BCUT2D eigenvalue weighted by molar-refractivity contribution is 0.242. The van der Waals surface area contributed by atoms with Gasteiger partial charge in [-0.05, 0) is 51.1 Å². The number of aromatic nitrogens is 1. The molecule has 0 unspecified atom stereocenters. The maximum absolute atomic E-state index is 5.65. The van der Waals surface area contributed by atoms with Crippen LogP contribution >= 0.6 is 11.3 Å². The fourth-order valence-electron chi connectivity index (χ4n) is 1.87. The van der Waals surface area contributed by atoms with Gasteiger partial charge < -0.3 is 10.1 Å². The SMILES string of the molecule is CCCNCc1nc(-c2ccc(OC(C)C)cc2)cs1. The molecule has 1 aromatic heterocycles. The Morgan fingerprint density at radius 3 is 2.65 bits per heavy atom. The largest absolute Gasteiger partial charge is 0.491 e. The first kappa shape index (κ1) is 15.0. The van der Waals surface area contributed by atoms with Gasteiger partial charge in [0, 0.05) is 17.5 Å². The summed E-state index contributed by atoms with van der Waals surface area (Å²) in [6.45, 7) is 8.12. The van der Waals surface area contributed by atoms with Crippen molar-refractivity contribution in [2.45, 2.75) is 39.8 Å². The predicted octanol–water partition coefficient (Wildman–Crippen LogP) is 4.10. The molecule has 108 valence electrons. The number of nitrogens with zero attached hydrogens (tertiary/aromatic N) is 1. The molecule has 0 spiro atoms. The highest BCUT2D eigenvalue weighted by Gasteiger charge is 2.05. The van der Waals surface area contributed by atoms with E-state index in [0.717, 1.165) is 41.5 Å². The number of benzene rings is 1. The zero-order valence-corrected chi connectivity index (χ0v) is 13.2. The first-order valence-corrected chi connectivity index (χ1v) is 7.99. The molecule has 0 fully saturated rings. The lowest BCUT2D eigenvalue weighted by atomic mass is 10.2. The Kier molecular flexibility index (Phi) is 5.56. The third kappa shape index (κ3) is 4.32. The van der Waals surface area contributed by atoms with E-state index in [1.807, 2.05) is 26.0 Å². The number of rotatable bonds is 7. The minimum Gasteiger partial charge on any atom is -0.491 e. The minimum absolute atomic E-state index is 0.205. The molecule has 0 amide bonds. The van der Waals surface area contributed by atoms with Gasteiger partial charge in [0.15, 0.2) is 0 Å². The van der Waals surface area contributed by atoms with Crippen LogP contribution in [0.2, 0.25) is 0 Å². The normalized spacial score (nSPS) is 11.0. The molecule has 4 heteroatoms. The van der Waals surface area contributed by atoms with Crippen LogP contribution in [0, 0.1) is 0 Å². The molecule has 0 aliphatic heterocycles. The van der Waals surface area contributed by atoms with Crippen LogP contribution in [-0.2, 0) is 6.54 Å². The molecular weight excluding hydrogens is 268 g/mol. The van der Waals surface area contributed by atoms with Crippen molar-refractivity contribution in [3.63, 3.8) is 0 Å². The van der Waals surface area contributed by atoms with Crippen LogP contribution in [0.5, 0.6) is 5.75 Å². The van der Waals surface area contributed by atoms with Crippen LogP contribution in [0.15, 0.2) is 29.6 Å². The third-order valence-electron chi connectivity index (χ3n) is 2.78. The summed E-state index contributed by atoms with van der Waals surface area (Å²) in [7, 11) is 0. The predicted molar refractivity (Wildman–Crippen MR) is 85.3 cm³/mol. The number of ether oxygens (including phenoxy) is 1. The summed E-state index contributed by atoms with van der Waals surface area (Å²) in [5.41, 5.74) is 2.18. The van der Waals surface area contributed by atoms with Crippen molar-refractivity contribution in [1.29, 1.82) is 0 Å². The van der Waals surface area contributed by atoms with E-state index in [-0.39, 0.29) is 6.10 Å². The molecular formula is C16H22N2OS. The van der Waals surface area contributed by atoms with E-state index in [0.29, 0.717) is 0 Å². The topological polar surface area (TPSA) is 34.2 Å². The van der Waals surface area contributed by atoms with Gasteiger partial charge in [-0.25, -0.2) is 4.98 Å². The first-order chi connectivity index (χ1) is 9.69. The minimum atomic E-state index is 0.205. The Hall–Kier alpha value is -1.39. The van der Waals surface area contributed by atoms with Gasteiger partial charge in [-0.3, -0.25) is 0 Å². The molecule has 20 heavy (non-hydrogen) atoms. The molecule has 0 bridgehead atoms. The van der Waals surface area contributed by atoms with E-state index in [9.17, 15) is 0 Å². The molecule has 0 atom stereocenters. The lowest BCUT2D eigenvalue weighted by Gasteiger charge is -2.09. The second kappa shape index (κ2) is 7.41. The van der Waals surface area contributed by atoms with E-state index in [1.165, 1.54) is 0 Å². The molecule has 0 radical (unpaired) electrons. The fourth-order valence-corrected chi connectivity index (χ4v) is 2.65. The molecule has 0 aliphatic carbocycles. The van der Waals surface area contributed by atoms with Crippen LogP contribution < -0.4 is 10.1 Å². The number of thiazole rings is 1. The van der Waals surface area contributed by atoms with Crippen molar-refractivity contribution in [3.8, 4) is 17.0 Å². The molecule has 2 rings (SSSR count). The third-order valence-corrected chi connectivity index (χ3v) is 3.63. The van der Waals surface area contributed by atoms with E-state index in [1.54, 1.807) is 11.3 Å². The van der Waals surface area contributed by atoms with Gasteiger partial charge in [0.05, 0.1) is 11.8 Å². The maximum Gasteiger partial charge on any atom is 0.119 e. The fraction of sp³-hybridized carbons (Fsp3) is 0.438. The summed E-state index contributed by atoms with van der Waals surface area (Å²) in [4.78, 5) is 4.66. The van der Waals surface area contributed by atoms with Crippen LogP contribution in [0.25, 0.3) is 11.3 Å². The van der Waals surface area contributed by atoms with E-state index in [4.69, 9.17) is 4.74 Å². The van der Waals surface area contributed by atoms with Crippen LogP contribution in [0.1, 0.15) is 32.2 Å². The highest BCUT2D eigenvalue weighted by molar-refractivity contribution is 7.09. The zero-order valence-electron chi connectivity index (χ0n) is 12.3. The monoisotopic (exact) mass is 290 g/mol. The zero-order chi connectivity index (χ0) is 14.4. The summed E-state index contributed by atoms with van der Waals surface area (Å²) in [5.74, 6) is 0.906. The van der Waals surface area contributed by atoms with Crippen molar-refractivity contribution in [3.05, 3.63) is 34.7 Å². The molecule has 0 aliphatic rings. The quantitative estimate of drug-likeness (QED) is 0.780. The van der Waals surface area contributed by atoms with Crippen molar-refractivity contribution in [2.75, 3.05) is 6.54 Å². The molecule has 0 saturated carbocycles. The standard InChI is InChI=1S/C16H22N2OS/c1-4-9-17-10-16-18-15(11-20-16)13-5-7-14(8-6-13)19-12(2)3/h5-8,11-12,17H,4,9-10H2,1-3H3. The second-order valence-electron chi connectivity index (χ2n) is 4.99. The Balaban J connectivity index is 2.00. The summed E-state index contributed by atoms with van der Waals surface area (Å²) < 4.78 is 5.65. The lowest BCUT2D eigenvalue weighted by Crippen LogP contribution is -2.13. The highest BCUT2D eigenvalue weighted by Crippen LogP contribution is 2.24. The smallest absolute Gasteiger partial charge is 0.119 e. The number of hydrogen-bond acceptors (Lipinski definition) is 4. The van der Waals surface area contributed by atoms with Gasteiger partial charge in [-0.2, -0.15) is 0 Å². The number of nitrogens with one attached hydrogen (secondary N) is 1. The molecule has 1 heterocycles. The van der Waals surface area contributed by atoms with Gasteiger partial charge in [-0.1, -0.05) is 6.92 Å². The molecule has 3 nitrogen and oxygen atoms in total. The first-order valence-electron chi connectivity index (χ1n) is 7.11. The van der Waals surface area contributed by atoms with Crippen LogP contribution in [0.3, 0.4) is 0 Å². The summed E-state index contributed by atoms with van der Waals surface area (Å²) in [6, 6.07) is 8.14. The van der Waals surface area contributed by atoms with Crippen LogP contribution in [-0.4, -0.2) is 17.6 Å². The molecule has 0 saturated heterocycles. The maximum atomic E-state index is 5.65. The highest BCUT2D eigenvalue weighted by atomic mass is 32.1. The van der Waals surface area contributed by atoms with Crippen molar-refractivity contribution >= 4 is 11.3 Å². The van der Waals surface area contributed by atoms with Gasteiger partial charge in [0.25, 0.3) is 0 Å². The summed E-state index contributed by atoms with van der Waals surface area (Å²) in [5, 5.41) is 6.62. The Morgan fingerprint density at radius 2 is 2.00 bits per heavy atom.